The highest BCUT2D eigenvalue weighted by Crippen LogP contribution is 2.27. The van der Waals surface area contributed by atoms with Crippen LogP contribution in [0.2, 0.25) is 0 Å². The summed E-state index contributed by atoms with van der Waals surface area (Å²) in [6.45, 7) is 12.2. The van der Waals surface area contributed by atoms with Gasteiger partial charge < -0.3 is 0 Å². The van der Waals surface area contributed by atoms with E-state index in [0.29, 0.717) is 5.92 Å². The summed E-state index contributed by atoms with van der Waals surface area (Å²) >= 11 is 0. The number of aromatic nitrogens is 1. The van der Waals surface area contributed by atoms with E-state index in [-0.39, 0.29) is 0 Å². The molecule has 0 unspecified atom stereocenters. The Kier molecular flexibility index (Phi) is 5.13. The lowest BCUT2D eigenvalue weighted by Crippen LogP contribution is -2.23. The fraction of sp³-hybridized carbons (Fsp3) is 0.500. The number of nitrogens with zero attached hydrogens (tertiary/aromatic N) is 2. The van der Waals surface area contributed by atoms with Crippen molar-refractivity contribution in [3.05, 3.63) is 41.7 Å². The maximum atomic E-state index is 4.63. The van der Waals surface area contributed by atoms with Gasteiger partial charge in [-0.3, -0.25) is 9.88 Å². The molecule has 1 aromatic carbocycles. The molecule has 0 atom stereocenters. The van der Waals surface area contributed by atoms with Crippen LogP contribution in [0.4, 0.5) is 0 Å². The van der Waals surface area contributed by atoms with Crippen molar-refractivity contribution in [3.8, 4) is 0 Å². The van der Waals surface area contributed by atoms with Crippen LogP contribution in [0.5, 0.6) is 0 Å². The highest BCUT2D eigenvalue weighted by atomic mass is 15.1. The Balaban J connectivity index is 2.47. The van der Waals surface area contributed by atoms with Crippen LogP contribution >= 0.6 is 0 Å². The van der Waals surface area contributed by atoms with Crippen LogP contribution in [0.15, 0.2) is 30.5 Å². The predicted octanol–water partition coefficient (Wildman–Crippen LogP) is 4.59. The first kappa shape index (κ1) is 15.0. The summed E-state index contributed by atoms with van der Waals surface area (Å²) in [5.74, 6) is 0.459. The second-order valence-corrected chi connectivity index (χ2v) is 5.73. The molecule has 0 fully saturated rings. The van der Waals surface area contributed by atoms with E-state index in [9.17, 15) is 0 Å². The van der Waals surface area contributed by atoms with Crippen molar-refractivity contribution in [3.63, 3.8) is 0 Å². The summed E-state index contributed by atoms with van der Waals surface area (Å²) < 4.78 is 0. The zero-order chi connectivity index (χ0) is 14.5. The van der Waals surface area contributed by atoms with Gasteiger partial charge in [-0.15, -0.1) is 0 Å². The molecule has 108 valence electrons. The molecule has 2 aromatic rings. The van der Waals surface area contributed by atoms with Gasteiger partial charge in [0.05, 0.1) is 5.69 Å². The van der Waals surface area contributed by atoms with Crippen LogP contribution in [-0.4, -0.2) is 23.0 Å². The van der Waals surface area contributed by atoms with Gasteiger partial charge in [0.1, 0.15) is 0 Å². The zero-order valence-electron chi connectivity index (χ0n) is 13.2. The van der Waals surface area contributed by atoms with Gasteiger partial charge in [0.25, 0.3) is 0 Å². The van der Waals surface area contributed by atoms with Gasteiger partial charge >= 0.3 is 0 Å². The lowest BCUT2D eigenvalue weighted by molar-refractivity contribution is 0.281. The van der Waals surface area contributed by atoms with E-state index in [4.69, 9.17) is 0 Å². The molecule has 0 radical (unpaired) electrons. The first-order valence-corrected chi connectivity index (χ1v) is 7.76. The number of fused-ring (bicyclic) bond motifs is 1. The first-order chi connectivity index (χ1) is 9.67. The monoisotopic (exact) mass is 270 g/mol. The quantitative estimate of drug-likeness (QED) is 0.763. The van der Waals surface area contributed by atoms with Crippen LogP contribution in [-0.2, 0) is 6.54 Å². The Morgan fingerprint density at radius 1 is 1.15 bits per heavy atom. The lowest BCUT2D eigenvalue weighted by atomic mass is 9.97. The van der Waals surface area contributed by atoms with Crippen molar-refractivity contribution >= 4 is 10.8 Å². The van der Waals surface area contributed by atoms with E-state index in [1.54, 1.807) is 0 Å². The van der Waals surface area contributed by atoms with Gasteiger partial charge in [-0.2, -0.15) is 0 Å². The van der Waals surface area contributed by atoms with E-state index in [2.05, 4.69) is 61.8 Å². The Bertz CT molecular complexity index is 555. The van der Waals surface area contributed by atoms with E-state index in [1.165, 1.54) is 28.5 Å². The molecular formula is C18H26N2. The van der Waals surface area contributed by atoms with Crippen molar-refractivity contribution < 1.29 is 0 Å². The SMILES string of the molecule is CCCN(CC)Cc1cccc2ccnc(C(C)C)c12. The zero-order valence-corrected chi connectivity index (χ0v) is 13.2. The summed E-state index contributed by atoms with van der Waals surface area (Å²) in [6.07, 6.45) is 3.14. The van der Waals surface area contributed by atoms with Gasteiger partial charge in [-0.05, 0) is 42.4 Å². The van der Waals surface area contributed by atoms with E-state index in [0.717, 1.165) is 19.6 Å². The second kappa shape index (κ2) is 6.85. The smallest absolute Gasteiger partial charge is 0.0510 e. The number of hydrogen-bond acceptors (Lipinski definition) is 2. The normalized spacial score (nSPS) is 11.7. The molecule has 20 heavy (non-hydrogen) atoms. The maximum absolute atomic E-state index is 4.63. The fourth-order valence-corrected chi connectivity index (χ4v) is 2.81. The molecule has 1 aromatic heterocycles. The minimum atomic E-state index is 0.459. The summed E-state index contributed by atoms with van der Waals surface area (Å²) in [5.41, 5.74) is 2.64. The average molecular weight is 270 g/mol. The molecule has 2 heteroatoms. The number of hydrogen-bond donors (Lipinski definition) is 0. The van der Waals surface area contributed by atoms with Gasteiger partial charge in [0.2, 0.25) is 0 Å². The molecule has 2 nitrogen and oxygen atoms in total. The van der Waals surface area contributed by atoms with Gasteiger partial charge in [-0.25, -0.2) is 0 Å². The van der Waals surface area contributed by atoms with Crippen LogP contribution < -0.4 is 0 Å². The van der Waals surface area contributed by atoms with Crippen molar-refractivity contribution in [2.75, 3.05) is 13.1 Å². The van der Waals surface area contributed by atoms with Gasteiger partial charge in [0.15, 0.2) is 0 Å². The van der Waals surface area contributed by atoms with Gasteiger partial charge in [0, 0.05) is 18.1 Å². The Morgan fingerprint density at radius 3 is 2.60 bits per heavy atom. The Morgan fingerprint density at radius 2 is 1.95 bits per heavy atom. The number of rotatable bonds is 6. The summed E-state index contributed by atoms with van der Waals surface area (Å²) in [6, 6.07) is 8.75. The molecule has 0 N–H and O–H groups in total. The molecule has 0 aliphatic carbocycles. The molecule has 0 aliphatic rings. The largest absolute Gasteiger partial charge is 0.299 e. The number of pyridine rings is 1. The molecule has 0 saturated heterocycles. The van der Waals surface area contributed by atoms with Crippen molar-refractivity contribution in [1.29, 1.82) is 0 Å². The maximum Gasteiger partial charge on any atom is 0.0510 e. The Hall–Kier alpha value is -1.41. The van der Waals surface area contributed by atoms with Crippen molar-refractivity contribution in [2.24, 2.45) is 0 Å². The molecule has 0 bridgehead atoms. The minimum Gasteiger partial charge on any atom is -0.299 e. The van der Waals surface area contributed by atoms with Crippen LogP contribution in [0.25, 0.3) is 10.8 Å². The molecule has 0 amide bonds. The molecule has 0 saturated carbocycles. The predicted molar refractivity (Wildman–Crippen MR) is 87.1 cm³/mol. The van der Waals surface area contributed by atoms with Crippen molar-refractivity contribution in [2.45, 2.75) is 46.6 Å². The highest BCUT2D eigenvalue weighted by molar-refractivity contribution is 5.88. The average Bonchev–Trinajstić information content (AvgIpc) is 2.46. The van der Waals surface area contributed by atoms with E-state index in [1.807, 2.05) is 6.20 Å². The summed E-state index contributed by atoms with van der Waals surface area (Å²) in [5, 5.41) is 2.67. The van der Waals surface area contributed by atoms with E-state index >= 15 is 0 Å². The van der Waals surface area contributed by atoms with Gasteiger partial charge in [-0.1, -0.05) is 45.9 Å². The standard InChI is InChI=1S/C18H26N2/c1-5-12-20(6-2)13-16-9-7-8-15-10-11-19-18(14(3)4)17(15)16/h7-11,14H,5-6,12-13H2,1-4H3. The van der Waals surface area contributed by atoms with E-state index < -0.39 is 0 Å². The number of benzene rings is 1. The van der Waals surface area contributed by atoms with Crippen molar-refractivity contribution in [1.82, 2.24) is 9.88 Å². The Labute approximate surface area is 122 Å². The second-order valence-electron chi connectivity index (χ2n) is 5.73. The third-order valence-corrected chi connectivity index (χ3v) is 3.83. The third kappa shape index (κ3) is 3.18. The third-order valence-electron chi connectivity index (χ3n) is 3.83. The molecule has 1 heterocycles. The summed E-state index contributed by atoms with van der Waals surface area (Å²) in [4.78, 5) is 7.13. The highest BCUT2D eigenvalue weighted by Gasteiger charge is 2.12. The van der Waals surface area contributed by atoms with Crippen LogP contribution in [0.1, 0.15) is 51.3 Å². The molecule has 0 aliphatic heterocycles. The summed E-state index contributed by atoms with van der Waals surface area (Å²) in [7, 11) is 0. The molecular weight excluding hydrogens is 244 g/mol. The van der Waals surface area contributed by atoms with Crippen LogP contribution in [0, 0.1) is 0 Å². The topological polar surface area (TPSA) is 16.1 Å². The molecule has 2 rings (SSSR count). The lowest BCUT2D eigenvalue weighted by Gasteiger charge is -2.21. The minimum absolute atomic E-state index is 0.459. The van der Waals surface area contributed by atoms with Crippen LogP contribution in [0.3, 0.4) is 0 Å². The molecule has 0 spiro atoms. The fourth-order valence-electron chi connectivity index (χ4n) is 2.81. The first-order valence-electron chi connectivity index (χ1n) is 7.76.